The van der Waals surface area contributed by atoms with Crippen LogP contribution < -0.4 is 11.1 Å². The molecule has 1 aromatic heterocycles. The number of hydrogen-bond acceptors (Lipinski definition) is 4. The van der Waals surface area contributed by atoms with Crippen molar-refractivity contribution in [3.05, 3.63) is 24.0 Å². The molecule has 1 fully saturated rings. The van der Waals surface area contributed by atoms with Crippen molar-refractivity contribution < 1.29 is 4.79 Å². The van der Waals surface area contributed by atoms with E-state index in [1.165, 1.54) is 12.4 Å². The molecular weight excluding hydrogens is 180 g/mol. The summed E-state index contributed by atoms with van der Waals surface area (Å²) in [5.74, 6) is -0.122. The molecule has 0 atom stereocenters. The number of hydrogen-bond donors (Lipinski definition) is 2. The van der Waals surface area contributed by atoms with E-state index in [2.05, 4.69) is 15.5 Å². The van der Waals surface area contributed by atoms with Crippen molar-refractivity contribution in [1.82, 2.24) is 15.5 Å². The van der Waals surface area contributed by atoms with Crippen LogP contribution in [0, 0.1) is 0 Å². The Kier molecular flexibility index (Phi) is 2.17. The second-order valence-electron chi connectivity index (χ2n) is 3.57. The quantitative estimate of drug-likeness (QED) is 0.688. The summed E-state index contributed by atoms with van der Waals surface area (Å²) in [7, 11) is 0. The Bertz CT molecular complexity index is 334. The summed E-state index contributed by atoms with van der Waals surface area (Å²) in [6.45, 7) is 0.497. The van der Waals surface area contributed by atoms with Gasteiger partial charge in [0.05, 0.1) is 23.5 Å². The van der Waals surface area contributed by atoms with Crippen molar-refractivity contribution in [3.63, 3.8) is 0 Å². The van der Waals surface area contributed by atoms with Gasteiger partial charge in [0.25, 0.3) is 5.91 Å². The molecule has 0 unspecified atom stereocenters. The predicted molar refractivity (Wildman–Crippen MR) is 50.5 cm³/mol. The summed E-state index contributed by atoms with van der Waals surface area (Å²) < 4.78 is 0. The van der Waals surface area contributed by atoms with Crippen LogP contribution in [0.2, 0.25) is 0 Å². The van der Waals surface area contributed by atoms with E-state index < -0.39 is 0 Å². The summed E-state index contributed by atoms with van der Waals surface area (Å²) in [6, 6.07) is 1.63. The van der Waals surface area contributed by atoms with Gasteiger partial charge in [-0.1, -0.05) is 0 Å². The third-order valence-corrected chi connectivity index (χ3v) is 2.47. The molecule has 1 aliphatic carbocycles. The van der Waals surface area contributed by atoms with Crippen LogP contribution >= 0.6 is 0 Å². The van der Waals surface area contributed by atoms with Crippen LogP contribution in [-0.2, 0) is 0 Å². The average Bonchev–Trinajstić information content (AvgIpc) is 3.00. The summed E-state index contributed by atoms with van der Waals surface area (Å²) in [4.78, 5) is 11.6. The molecule has 0 aromatic carbocycles. The van der Waals surface area contributed by atoms with E-state index in [1.54, 1.807) is 6.07 Å². The van der Waals surface area contributed by atoms with Crippen molar-refractivity contribution in [2.24, 2.45) is 5.73 Å². The number of nitrogens with two attached hydrogens (primary N) is 1. The fourth-order valence-corrected chi connectivity index (χ4v) is 1.27. The van der Waals surface area contributed by atoms with Crippen molar-refractivity contribution in [2.45, 2.75) is 18.4 Å². The Balaban J connectivity index is 2.03. The molecule has 5 heteroatoms. The normalized spacial score (nSPS) is 17.5. The van der Waals surface area contributed by atoms with Crippen LogP contribution in [0.5, 0.6) is 0 Å². The second-order valence-corrected chi connectivity index (χ2v) is 3.57. The number of carbonyl (C=O) groups excluding carboxylic acids is 1. The SMILES string of the molecule is NCC1(NC(=O)c2ccnnc2)CC1. The Morgan fingerprint density at radius 1 is 1.57 bits per heavy atom. The first-order valence-electron chi connectivity index (χ1n) is 4.55. The van der Waals surface area contributed by atoms with Gasteiger partial charge in [-0.25, -0.2) is 0 Å². The lowest BCUT2D eigenvalue weighted by Crippen LogP contribution is -2.42. The van der Waals surface area contributed by atoms with Crippen LogP contribution in [0.4, 0.5) is 0 Å². The van der Waals surface area contributed by atoms with Crippen molar-refractivity contribution >= 4 is 5.91 Å². The molecule has 1 aliphatic rings. The number of nitrogens with zero attached hydrogens (tertiary/aromatic N) is 2. The van der Waals surface area contributed by atoms with Gasteiger partial charge in [0.1, 0.15) is 0 Å². The molecule has 1 heterocycles. The molecule has 14 heavy (non-hydrogen) atoms. The van der Waals surface area contributed by atoms with Crippen LogP contribution in [0.15, 0.2) is 18.5 Å². The largest absolute Gasteiger partial charge is 0.345 e. The smallest absolute Gasteiger partial charge is 0.253 e. The zero-order valence-corrected chi connectivity index (χ0v) is 7.73. The maximum absolute atomic E-state index is 11.6. The fraction of sp³-hybridized carbons (Fsp3) is 0.444. The number of nitrogens with one attached hydrogen (secondary N) is 1. The molecule has 0 bridgehead atoms. The van der Waals surface area contributed by atoms with Gasteiger partial charge in [0.15, 0.2) is 0 Å². The van der Waals surface area contributed by atoms with Gasteiger partial charge in [-0.15, -0.1) is 0 Å². The number of aromatic nitrogens is 2. The van der Waals surface area contributed by atoms with Crippen molar-refractivity contribution in [3.8, 4) is 0 Å². The lowest BCUT2D eigenvalue weighted by molar-refractivity contribution is 0.0932. The highest BCUT2D eigenvalue weighted by Gasteiger charge is 2.42. The molecule has 0 aliphatic heterocycles. The topological polar surface area (TPSA) is 80.9 Å². The van der Waals surface area contributed by atoms with E-state index >= 15 is 0 Å². The van der Waals surface area contributed by atoms with E-state index in [1.807, 2.05) is 0 Å². The molecule has 0 saturated heterocycles. The van der Waals surface area contributed by atoms with Crippen LogP contribution in [0.1, 0.15) is 23.2 Å². The summed E-state index contributed by atoms with van der Waals surface area (Å²) in [6.07, 6.45) is 4.88. The Morgan fingerprint density at radius 3 is 2.86 bits per heavy atom. The number of amides is 1. The molecule has 0 radical (unpaired) electrons. The maximum atomic E-state index is 11.6. The van der Waals surface area contributed by atoms with Gasteiger partial charge in [-0.3, -0.25) is 4.79 Å². The second kappa shape index (κ2) is 3.34. The van der Waals surface area contributed by atoms with E-state index in [0.717, 1.165) is 12.8 Å². The minimum absolute atomic E-state index is 0.122. The van der Waals surface area contributed by atoms with E-state index in [9.17, 15) is 4.79 Å². The molecule has 0 spiro atoms. The molecule has 74 valence electrons. The van der Waals surface area contributed by atoms with Crippen LogP contribution in [0.25, 0.3) is 0 Å². The van der Waals surface area contributed by atoms with Crippen LogP contribution in [-0.4, -0.2) is 28.2 Å². The summed E-state index contributed by atoms with van der Waals surface area (Å²) >= 11 is 0. The Morgan fingerprint density at radius 2 is 2.36 bits per heavy atom. The first-order chi connectivity index (χ1) is 6.76. The highest BCUT2D eigenvalue weighted by molar-refractivity contribution is 5.94. The third-order valence-electron chi connectivity index (χ3n) is 2.47. The monoisotopic (exact) mass is 192 g/mol. The third kappa shape index (κ3) is 1.72. The van der Waals surface area contributed by atoms with Gasteiger partial charge < -0.3 is 11.1 Å². The molecular formula is C9H12N4O. The van der Waals surface area contributed by atoms with Crippen molar-refractivity contribution in [1.29, 1.82) is 0 Å². The minimum Gasteiger partial charge on any atom is -0.345 e. The number of rotatable bonds is 3. The molecule has 3 N–H and O–H groups in total. The predicted octanol–water partition coefficient (Wildman–Crippen LogP) is -0.302. The van der Waals surface area contributed by atoms with E-state index in [4.69, 9.17) is 5.73 Å². The summed E-state index contributed by atoms with van der Waals surface area (Å²) in [5, 5.41) is 10.1. The highest BCUT2D eigenvalue weighted by Crippen LogP contribution is 2.34. The Hall–Kier alpha value is -1.49. The van der Waals surface area contributed by atoms with E-state index in [0.29, 0.717) is 12.1 Å². The highest BCUT2D eigenvalue weighted by atomic mass is 16.1. The zero-order chi connectivity index (χ0) is 10.0. The van der Waals surface area contributed by atoms with Gasteiger partial charge >= 0.3 is 0 Å². The zero-order valence-electron chi connectivity index (χ0n) is 7.73. The molecule has 1 saturated carbocycles. The minimum atomic E-state index is -0.152. The number of carbonyl (C=O) groups is 1. The molecule has 2 rings (SSSR count). The standard InChI is InChI=1S/C9H12N4O/c10-6-9(2-3-9)13-8(14)7-1-4-11-12-5-7/h1,4-5H,2-3,6,10H2,(H,13,14). The first kappa shape index (κ1) is 9.08. The first-order valence-corrected chi connectivity index (χ1v) is 4.55. The summed E-state index contributed by atoms with van der Waals surface area (Å²) in [5.41, 5.74) is 5.93. The van der Waals surface area contributed by atoms with Gasteiger partial charge in [0, 0.05) is 6.54 Å². The molecule has 1 amide bonds. The lowest BCUT2D eigenvalue weighted by Gasteiger charge is -2.14. The lowest BCUT2D eigenvalue weighted by atomic mass is 10.2. The maximum Gasteiger partial charge on any atom is 0.253 e. The molecule has 1 aromatic rings. The fourth-order valence-electron chi connectivity index (χ4n) is 1.27. The van der Waals surface area contributed by atoms with Gasteiger partial charge in [-0.2, -0.15) is 10.2 Å². The Labute approximate surface area is 81.7 Å². The van der Waals surface area contributed by atoms with Crippen LogP contribution in [0.3, 0.4) is 0 Å². The average molecular weight is 192 g/mol. The van der Waals surface area contributed by atoms with Gasteiger partial charge in [0.2, 0.25) is 0 Å². The van der Waals surface area contributed by atoms with Gasteiger partial charge in [-0.05, 0) is 18.9 Å². The van der Waals surface area contributed by atoms with Crippen molar-refractivity contribution in [2.75, 3.05) is 6.54 Å². The molecule has 5 nitrogen and oxygen atoms in total. The van der Waals surface area contributed by atoms with E-state index in [-0.39, 0.29) is 11.4 Å².